The van der Waals surface area contributed by atoms with Gasteiger partial charge < -0.3 is 4.74 Å². The normalized spacial score (nSPS) is 17.0. The van der Waals surface area contributed by atoms with Crippen LogP contribution in [0.5, 0.6) is 0 Å². The third-order valence-electron chi connectivity index (χ3n) is 3.51. The van der Waals surface area contributed by atoms with Gasteiger partial charge in [0.25, 0.3) is 0 Å². The fourth-order valence-electron chi connectivity index (χ4n) is 2.42. The maximum atomic E-state index is 11.9. The number of cyclic esters (lactones) is 1. The van der Waals surface area contributed by atoms with E-state index >= 15 is 0 Å². The van der Waals surface area contributed by atoms with Gasteiger partial charge in [0.15, 0.2) is 0 Å². The van der Waals surface area contributed by atoms with Gasteiger partial charge in [-0.1, -0.05) is 47.6 Å². The molecule has 1 aliphatic heterocycles. The summed E-state index contributed by atoms with van der Waals surface area (Å²) in [6.07, 6.45) is -0.803. The van der Waals surface area contributed by atoms with Crippen molar-refractivity contribution in [2.45, 2.75) is 6.10 Å². The molecule has 0 bridgehead atoms. The van der Waals surface area contributed by atoms with E-state index < -0.39 is 12.2 Å². The number of rotatable bonds is 4. The van der Waals surface area contributed by atoms with Crippen LogP contribution in [0.2, 0.25) is 0 Å². The first-order valence-corrected chi connectivity index (χ1v) is 6.92. The minimum Gasteiger partial charge on any atom is -0.444 e. The number of anilines is 1. The van der Waals surface area contributed by atoms with Crippen molar-refractivity contribution < 1.29 is 9.53 Å². The van der Waals surface area contributed by atoms with Crippen LogP contribution in [0.4, 0.5) is 10.5 Å². The minimum atomic E-state index is -0.411. The molecule has 6 heteroatoms. The average Bonchev–Trinajstić information content (AvgIpc) is 2.95. The van der Waals surface area contributed by atoms with Gasteiger partial charge in [-0.3, -0.25) is 4.90 Å². The molecule has 22 heavy (non-hydrogen) atoms. The Morgan fingerprint density at radius 3 is 2.50 bits per heavy atom. The molecule has 0 saturated carbocycles. The summed E-state index contributed by atoms with van der Waals surface area (Å²) in [5.41, 5.74) is 11.3. The van der Waals surface area contributed by atoms with Crippen LogP contribution in [0.25, 0.3) is 21.6 Å². The quantitative estimate of drug-likeness (QED) is 0.485. The van der Waals surface area contributed by atoms with E-state index in [0.29, 0.717) is 6.54 Å². The number of hydrogen-bond acceptors (Lipinski definition) is 3. The molecule has 6 nitrogen and oxygen atoms in total. The molecule has 0 unspecified atom stereocenters. The summed E-state index contributed by atoms with van der Waals surface area (Å²) in [4.78, 5) is 16.1. The Balaban J connectivity index is 1.76. The summed E-state index contributed by atoms with van der Waals surface area (Å²) in [5, 5.41) is 3.45. The fraction of sp³-hybridized carbons (Fsp3) is 0.188. The Labute approximate surface area is 127 Å². The maximum Gasteiger partial charge on any atom is 0.414 e. The summed E-state index contributed by atoms with van der Waals surface area (Å²) >= 11 is 0. The van der Waals surface area contributed by atoms with E-state index in [1.807, 2.05) is 54.6 Å². The standard InChI is InChI=1S/C16H14N4O2/c17-19-18-10-15-11-20(16(21)22-15)14-8-6-13(7-9-14)12-4-2-1-3-5-12/h1-9,15H,10-11H2/t15-/m0/s1. The van der Waals surface area contributed by atoms with E-state index in [2.05, 4.69) is 10.0 Å². The van der Waals surface area contributed by atoms with Crippen LogP contribution in [-0.2, 0) is 4.74 Å². The second-order valence-electron chi connectivity index (χ2n) is 4.94. The van der Waals surface area contributed by atoms with Crippen LogP contribution < -0.4 is 4.90 Å². The number of benzene rings is 2. The summed E-state index contributed by atoms with van der Waals surface area (Å²) < 4.78 is 5.17. The molecule has 1 fully saturated rings. The number of amides is 1. The smallest absolute Gasteiger partial charge is 0.414 e. The second kappa shape index (κ2) is 6.20. The number of hydrogen-bond donors (Lipinski definition) is 0. The van der Waals surface area contributed by atoms with Gasteiger partial charge in [0, 0.05) is 10.6 Å². The van der Waals surface area contributed by atoms with E-state index in [0.717, 1.165) is 16.8 Å². The van der Waals surface area contributed by atoms with Crippen LogP contribution in [0.1, 0.15) is 0 Å². The Morgan fingerprint density at radius 1 is 1.14 bits per heavy atom. The third kappa shape index (κ3) is 2.87. The lowest BCUT2D eigenvalue weighted by atomic mass is 10.1. The molecule has 1 aliphatic rings. The first-order valence-electron chi connectivity index (χ1n) is 6.92. The molecule has 3 rings (SSSR count). The summed E-state index contributed by atoms with van der Waals surface area (Å²) in [6.45, 7) is 0.545. The van der Waals surface area contributed by atoms with Crippen molar-refractivity contribution in [1.29, 1.82) is 0 Å². The lowest BCUT2D eigenvalue weighted by Gasteiger charge is -2.13. The van der Waals surface area contributed by atoms with Gasteiger partial charge in [0.2, 0.25) is 0 Å². The van der Waals surface area contributed by atoms with Crippen LogP contribution in [-0.4, -0.2) is 25.3 Å². The van der Waals surface area contributed by atoms with Gasteiger partial charge in [-0.05, 0) is 28.8 Å². The van der Waals surface area contributed by atoms with Crippen molar-refractivity contribution in [3.8, 4) is 11.1 Å². The van der Waals surface area contributed by atoms with E-state index in [1.165, 1.54) is 0 Å². The molecule has 2 aromatic carbocycles. The molecule has 1 atom stereocenters. The molecule has 1 heterocycles. The zero-order valence-corrected chi connectivity index (χ0v) is 11.8. The van der Waals surface area contributed by atoms with Gasteiger partial charge in [0.05, 0.1) is 13.1 Å². The van der Waals surface area contributed by atoms with Crippen LogP contribution in [0, 0.1) is 0 Å². The summed E-state index contributed by atoms with van der Waals surface area (Å²) in [6, 6.07) is 17.7. The topological polar surface area (TPSA) is 78.3 Å². The molecule has 0 aliphatic carbocycles. The first kappa shape index (κ1) is 14.0. The van der Waals surface area contributed by atoms with Gasteiger partial charge in [-0.2, -0.15) is 0 Å². The number of carbonyl (C=O) groups is 1. The molecule has 2 aromatic rings. The Morgan fingerprint density at radius 2 is 1.82 bits per heavy atom. The molecule has 0 aromatic heterocycles. The van der Waals surface area contributed by atoms with Crippen LogP contribution >= 0.6 is 0 Å². The largest absolute Gasteiger partial charge is 0.444 e. The predicted molar refractivity (Wildman–Crippen MR) is 83.5 cm³/mol. The van der Waals surface area contributed by atoms with Crippen LogP contribution in [0.3, 0.4) is 0 Å². The Hall–Kier alpha value is -2.98. The van der Waals surface area contributed by atoms with Gasteiger partial charge in [0.1, 0.15) is 6.10 Å². The molecular formula is C16H14N4O2. The van der Waals surface area contributed by atoms with E-state index in [1.54, 1.807) is 4.90 Å². The average molecular weight is 294 g/mol. The molecule has 1 amide bonds. The Bertz CT molecular complexity index is 709. The maximum absolute atomic E-state index is 11.9. The Kier molecular flexibility index (Phi) is 3.94. The number of azide groups is 1. The highest BCUT2D eigenvalue weighted by atomic mass is 16.6. The van der Waals surface area contributed by atoms with Crippen molar-refractivity contribution in [2.75, 3.05) is 18.0 Å². The lowest BCUT2D eigenvalue weighted by Crippen LogP contribution is -2.24. The SMILES string of the molecule is [N-]=[N+]=NC[C@H]1CN(c2ccc(-c3ccccc3)cc2)C(=O)O1. The minimum absolute atomic E-state index is 0.154. The first-order chi connectivity index (χ1) is 10.8. The molecule has 0 spiro atoms. The highest BCUT2D eigenvalue weighted by Crippen LogP contribution is 2.26. The van der Waals surface area contributed by atoms with Crippen molar-refractivity contribution in [2.24, 2.45) is 5.11 Å². The van der Waals surface area contributed by atoms with Crippen molar-refractivity contribution >= 4 is 11.8 Å². The monoisotopic (exact) mass is 294 g/mol. The molecule has 0 N–H and O–H groups in total. The van der Waals surface area contributed by atoms with Crippen molar-refractivity contribution in [3.05, 3.63) is 65.0 Å². The number of carbonyl (C=O) groups excluding carboxylic acids is 1. The molecule has 0 radical (unpaired) electrons. The highest BCUT2D eigenvalue weighted by Gasteiger charge is 2.31. The van der Waals surface area contributed by atoms with Crippen LogP contribution in [0.15, 0.2) is 59.7 Å². The van der Waals surface area contributed by atoms with Crippen molar-refractivity contribution in [3.63, 3.8) is 0 Å². The lowest BCUT2D eigenvalue weighted by molar-refractivity contribution is 0.145. The molecule has 110 valence electrons. The van der Waals surface area contributed by atoms with E-state index in [9.17, 15) is 4.79 Å². The fourth-order valence-corrected chi connectivity index (χ4v) is 2.42. The second-order valence-corrected chi connectivity index (χ2v) is 4.94. The zero-order valence-electron chi connectivity index (χ0n) is 11.8. The number of ether oxygens (including phenoxy) is 1. The van der Waals surface area contributed by atoms with E-state index in [-0.39, 0.29) is 6.54 Å². The molecular weight excluding hydrogens is 280 g/mol. The summed E-state index contributed by atoms with van der Waals surface area (Å²) in [5.74, 6) is 0. The summed E-state index contributed by atoms with van der Waals surface area (Å²) in [7, 11) is 0. The highest BCUT2D eigenvalue weighted by molar-refractivity contribution is 5.90. The van der Waals surface area contributed by atoms with Gasteiger partial charge in [-0.25, -0.2) is 4.79 Å². The zero-order chi connectivity index (χ0) is 15.4. The van der Waals surface area contributed by atoms with Gasteiger partial charge >= 0.3 is 6.09 Å². The number of nitrogens with zero attached hydrogens (tertiary/aromatic N) is 4. The third-order valence-corrected chi connectivity index (χ3v) is 3.51. The van der Waals surface area contributed by atoms with Gasteiger partial charge in [-0.15, -0.1) is 0 Å². The van der Waals surface area contributed by atoms with E-state index in [4.69, 9.17) is 10.3 Å². The van der Waals surface area contributed by atoms with Crippen molar-refractivity contribution in [1.82, 2.24) is 0 Å². The predicted octanol–water partition coefficient (Wildman–Crippen LogP) is 3.99. The molecule has 1 saturated heterocycles.